The van der Waals surface area contributed by atoms with Gasteiger partial charge < -0.3 is 31.2 Å². The van der Waals surface area contributed by atoms with Crippen LogP contribution in [0, 0.1) is 0 Å². The average Bonchev–Trinajstić information content (AvgIpc) is 3.18. The normalized spacial score (nSPS) is 24.2. The molecule has 1 aromatic carbocycles. The summed E-state index contributed by atoms with van der Waals surface area (Å²) in [5, 5.41) is 8.93. The quantitative estimate of drug-likeness (QED) is 0.380. The zero-order chi connectivity index (χ0) is 25.8. The second kappa shape index (κ2) is 10.7. The fraction of sp³-hybridized carbons (Fsp3) is 0.462. The Kier molecular flexibility index (Phi) is 7.67. The number of alkyl carbamates (subject to hydrolysis) is 1. The Hall–Kier alpha value is -3.34. The summed E-state index contributed by atoms with van der Waals surface area (Å²) in [7, 11) is 0. The third-order valence-electron chi connectivity index (χ3n) is 6.54. The first-order chi connectivity index (χ1) is 17.2. The van der Waals surface area contributed by atoms with E-state index in [9.17, 15) is 14.4 Å². The molecular formula is C26H33N5O5. The number of nitrogens with zero attached hydrogens (tertiary/aromatic N) is 1. The average molecular weight is 496 g/mol. The van der Waals surface area contributed by atoms with Gasteiger partial charge in [-0.1, -0.05) is 36.4 Å². The van der Waals surface area contributed by atoms with E-state index in [1.807, 2.05) is 42.5 Å². The summed E-state index contributed by atoms with van der Waals surface area (Å²) < 4.78 is 11.4. The Morgan fingerprint density at radius 3 is 2.69 bits per heavy atom. The highest BCUT2D eigenvalue weighted by Crippen LogP contribution is 2.34. The van der Waals surface area contributed by atoms with E-state index in [0.717, 1.165) is 5.56 Å². The molecule has 0 radical (unpaired) electrons. The summed E-state index contributed by atoms with van der Waals surface area (Å²) in [6.45, 7) is 3.81. The molecule has 10 nitrogen and oxygen atoms in total. The Bertz CT molecular complexity index is 1080. The summed E-state index contributed by atoms with van der Waals surface area (Å²) in [5.41, 5.74) is 5.37. The van der Waals surface area contributed by atoms with E-state index >= 15 is 0 Å². The fourth-order valence-electron chi connectivity index (χ4n) is 4.68. The van der Waals surface area contributed by atoms with Gasteiger partial charge in [-0.2, -0.15) is 0 Å². The molecule has 4 rings (SSSR count). The van der Waals surface area contributed by atoms with Crippen LogP contribution in [0.3, 0.4) is 0 Å². The molecule has 2 aromatic rings. The van der Waals surface area contributed by atoms with Crippen molar-refractivity contribution in [2.24, 2.45) is 5.73 Å². The summed E-state index contributed by atoms with van der Waals surface area (Å²) in [6, 6.07) is 13.2. The molecule has 5 N–H and O–H groups in total. The largest absolute Gasteiger partial charge is 0.444 e. The van der Waals surface area contributed by atoms with E-state index in [0.29, 0.717) is 18.7 Å². The molecule has 192 valence electrons. The number of hydrogen-bond donors (Lipinski definition) is 4. The molecule has 10 heteroatoms. The number of fused-ring (bicyclic) bond motifs is 1. The third kappa shape index (κ3) is 5.72. The topological polar surface area (TPSA) is 145 Å². The van der Waals surface area contributed by atoms with Crippen LogP contribution in [-0.2, 0) is 32.1 Å². The van der Waals surface area contributed by atoms with Crippen molar-refractivity contribution in [1.82, 2.24) is 20.9 Å². The molecule has 2 saturated heterocycles. The molecule has 2 amide bonds. The van der Waals surface area contributed by atoms with Crippen molar-refractivity contribution in [3.05, 3.63) is 66.0 Å². The lowest BCUT2D eigenvalue weighted by molar-refractivity contribution is -0.134. The maximum absolute atomic E-state index is 14.0. The number of Topliss-reactive ketones (excluding diaryl/α,β-unsaturated/α-hetero) is 1. The minimum atomic E-state index is -1.20. The van der Waals surface area contributed by atoms with Crippen LogP contribution in [0.15, 0.2) is 54.7 Å². The summed E-state index contributed by atoms with van der Waals surface area (Å²) in [6.07, 6.45) is 1.36. The van der Waals surface area contributed by atoms with Gasteiger partial charge in [-0.25, -0.2) is 4.79 Å². The molecule has 0 spiro atoms. The first kappa shape index (κ1) is 25.7. The van der Waals surface area contributed by atoms with Crippen LogP contribution < -0.4 is 21.7 Å². The number of nitrogens with one attached hydrogen (secondary N) is 3. The Morgan fingerprint density at radius 1 is 1.25 bits per heavy atom. The third-order valence-corrected chi connectivity index (χ3v) is 6.54. The zero-order valence-electron chi connectivity index (χ0n) is 20.5. The van der Waals surface area contributed by atoms with Gasteiger partial charge in [0.25, 0.3) is 0 Å². The number of carbonyl (C=O) groups is 3. The molecule has 0 aliphatic carbocycles. The van der Waals surface area contributed by atoms with Crippen molar-refractivity contribution in [3.63, 3.8) is 0 Å². The number of pyridine rings is 1. The highest BCUT2D eigenvalue weighted by atomic mass is 16.6. The van der Waals surface area contributed by atoms with Gasteiger partial charge in [0.05, 0.1) is 24.8 Å². The molecule has 2 fully saturated rings. The van der Waals surface area contributed by atoms with Crippen LogP contribution in [0.4, 0.5) is 4.79 Å². The summed E-state index contributed by atoms with van der Waals surface area (Å²) in [4.78, 5) is 43.6. The molecule has 3 unspecified atom stereocenters. The van der Waals surface area contributed by atoms with Gasteiger partial charge >= 0.3 is 6.09 Å². The lowest BCUT2D eigenvalue weighted by Crippen LogP contribution is -2.72. The standard InChI is InChI=1S/C26H33N5O5/c1-25(2,27)23(33)30-19(16-35-15-17-8-4-3-5-9-17)21(32)22-26(14-18-10-6-7-12-28-18)20(11-13-29-22)36-24(34)31-26/h3-10,12,19-20,22,29H,11,13-16,27H2,1-2H3,(H,30,33)(H,31,34)/t19-,20?,22?,26?/m1/s1. The number of ether oxygens (including phenoxy) is 2. The highest BCUT2D eigenvalue weighted by Gasteiger charge is 2.58. The van der Waals surface area contributed by atoms with E-state index in [1.165, 1.54) is 0 Å². The predicted octanol–water partition coefficient (Wildman–Crippen LogP) is 0.841. The van der Waals surface area contributed by atoms with Crippen molar-refractivity contribution in [2.75, 3.05) is 13.2 Å². The Morgan fingerprint density at radius 2 is 2.00 bits per heavy atom. The van der Waals surface area contributed by atoms with Gasteiger partial charge in [-0.15, -0.1) is 0 Å². The van der Waals surface area contributed by atoms with Gasteiger partial charge in [0.15, 0.2) is 5.78 Å². The van der Waals surface area contributed by atoms with Gasteiger partial charge in [0, 0.05) is 18.3 Å². The zero-order valence-corrected chi connectivity index (χ0v) is 20.5. The van der Waals surface area contributed by atoms with Crippen molar-refractivity contribution in [3.8, 4) is 0 Å². The van der Waals surface area contributed by atoms with Gasteiger partial charge in [0.1, 0.15) is 17.7 Å². The number of hydrogen-bond acceptors (Lipinski definition) is 8. The number of nitrogens with two attached hydrogens (primary N) is 1. The Labute approximate surface area is 210 Å². The van der Waals surface area contributed by atoms with E-state index < -0.39 is 41.3 Å². The number of piperidine rings is 1. The molecular weight excluding hydrogens is 462 g/mol. The monoisotopic (exact) mass is 495 g/mol. The van der Waals surface area contributed by atoms with E-state index in [2.05, 4.69) is 20.9 Å². The second-order valence-corrected chi connectivity index (χ2v) is 9.88. The van der Waals surface area contributed by atoms with Crippen molar-refractivity contribution in [1.29, 1.82) is 0 Å². The summed E-state index contributed by atoms with van der Waals surface area (Å²) in [5.74, 6) is -0.811. The van der Waals surface area contributed by atoms with Crippen LogP contribution in [0.25, 0.3) is 0 Å². The molecule has 1 aromatic heterocycles. The minimum Gasteiger partial charge on any atom is -0.444 e. The van der Waals surface area contributed by atoms with Crippen LogP contribution in [0.5, 0.6) is 0 Å². The van der Waals surface area contributed by atoms with E-state index in [1.54, 1.807) is 26.1 Å². The molecule has 4 atom stereocenters. The van der Waals surface area contributed by atoms with Crippen LogP contribution >= 0.6 is 0 Å². The van der Waals surface area contributed by atoms with E-state index in [4.69, 9.17) is 15.2 Å². The first-order valence-corrected chi connectivity index (χ1v) is 12.1. The van der Waals surface area contributed by atoms with Crippen LogP contribution in [-0.4, -0.2) is 65.2 Å². The highest BCUT2D eigenvalue weighted by molar-refractivity contribution is 5.96. The smallest absolute Gasteiger partial charge is 0.408 e. The first-order valence-electron chi connectivity index (χ1n) is 12.1. The predicted molar refractivity (Wildman–Crippen MR) is 132 cm³/mol. The SMILES string of the molecule is CC(C)(N)C(=O)N[C@H](COCc1ccccc1)C(=O)C1NCCC2OC(=O)NC21Cc1ccccn1. The number of carbonyl (C=O) groups excluding carboxylic acids is 3. The molecule has 36 heavy (non-hydrogen) atoms. The van der Waals surface area contributed by atoms with Crippen molar-refractivity contribution < 1.29 is 23.9 Å². The minimum absolute atomic E-state index is 0.0626. The summed E-state index contributed by atoms with van der Waals surface area (Å²) >= 11 is 0. The lowest BCUT2D eigenvalue weighted by atomic mass is 9.74. The lowest BCUT2D eigenvalue weighted by Gasteiger charge is -2.44. The van der Waals surface area contributed by atoms with Crippen LogP contribution in [0.1, 0.15) is 31.5 Å². The maximum atomic E-state index is 14.0. The number of aromatic nitrogens is 1. The van der Waals surface area contributed by atoms with Gasteiger partial charge in [0.2, 0.25) is 5.91 Å². The number of ketones is 1. The van der Waals surface area contributed by atoms with Gasteiger partial charge in [-0.3, -0.25) is 14.6 Å². The number of benzene rings is 1. The molecule has 0 saturated carbocycles. The molecule has 2 aliphatic heterocycles. The van der Waals surface area contributed by atoms with Crippen molar-refractivity contribution in [2.45, 2.75) is 62.6 Å². The van der Waals surface area contributed by atoms with Crippen LogP contribution in [0.2, 0.25) is 0 Å². The molecule has 0 bridgehead atoms. The Balaban J connectivity index is 1.59. The molecule has 3 heterocycles. The second-order valence-electron chi connectivity index (χ2n) is 9.88. The molecule has 2 aliphatic rings. The number of rotatable bonds is 10. The van der Waals surface area contributed by atoms with Crippen molar-refractivity contribution >= 4 is 17.8 Å². The van der Waals surface area contributed by atoms with E-state index in [-0.39, 0.29) is 25.4 Å². The maximum Gasteiger partial charge on any atom is 0.408 e. The number of amides is 2. The van der Waals surface area contributed by atoms with Gasteiger partial charge in [-0.05, 0) is 44.5 Å². The fourth-order valence-corrected chi connectivity index (χ4v) is 4.68.